The maximum absolute atomic E-state index is 13.7. The van der Waals surface area contributed by atoms with Crippen LogP contribution in [0.2, 0.25) is 0 Å². The molecule has 14 unspecified atom stereocenters. The number of carboxylic acids is 4. The number of hydrogen-bond acceptors (Lipinski definition) is 32. The molecule has 3 aliphatic rings. The largest absolute Gasteiger partial charge is 0.479 e. The number of aromatic nitrogens is 6. The number of nitrogens with two attached hydrogens (primary N) is 2. The van der Waals surface area contributed by atoms with Crippen LogP contribution in [0, 0.1) is 0 Å². The first-order chi connectivity index (χ1) is 52.6. The fourth-order valence-corrected chi connectivity index (χ4v) is 11.9. The van der Waals surface area contributed by atoms with Crippen molar-refractivity contribution < 1.29 is 125 Å². The Balaban J connectivity index is 1.10. The van der Waals surface area contributed by atoms with Gasteiger partial charge in [-0.2, -0.15) is 0 Å². The lowest BCUT2D eigenvalue weighted by molar-refractivity contribution is -0.313. The maximum Gasteiger partial charge on any atom is 0.408 e. The predicted octanol–water partition coefficient (Wildman–Crippen LogP) is 1.61. The number of ether oxygens (including phenoxy) is 10. The van der Waals surface area contributed by atoms with Gasteiger partial charge in [-0.15, -0.1) is 15.7 Å². The standard InChI is InChI=1S/C68H76N16O26/c1-35(85)105-55-47(82(70)26-43(69)31-101-65(97)71-50(60(89)90)39-17-9-5-10-18-39)25-48(83-28-45(76-79-83)33-103-67(99)73-52(62(93)94)41-21-13-7-14-22-41)56(59(55)108-38(4)88)110-64-54(84-29-46(77-80-84)34-104-68(100)74-53(63(95)96)42-23-15-8-16-24-42)58(107-37(3)87)57(106-36(2)86)49(109-64)30-81-27-44(75-78-81)32-102-66(98)72-51(61(91)92)40-19-11-6-12-20-40/h5-24,26-29,47-59,64,75,78H,25,30-34,69-70H2,1-4H3,(H,71,97)(H,72,98)(H,73,99)(H,74,100)(H,89,90)(H,91,92)(H,93,94)(H,95,96)/b43-26-. The summed E-state index contributed by atoms with van der Waals surface area (Å²) in [5, 5.41) is 68.2. The van der Waals surface area contributed by atoms with Crippen molar-refractivity contribution in [2.45, 2.75) is 133 Å². The molecule has 14 atom stereocenters. The highest BCUT2D eigenvalue weighted by molar-refractivity contribution is 5.84. The van der Waals surface area contributed by atoms with Gasteiger partial charge in [-0.05, 0) is 28.7 Å². The van der Waals surface area contributed by atoms with E-state index in [9.17, 15) is 78.0 Å². The molecule has 42 heteroatoms. The average Bonchev–Trinajstić information content (AvgIpc) is 1.11. The van der Waals surface area contributed by atoms with E-state index >= 15 is 0 Å². The highest BCUT2D eigenvalue weighted by Crippen LogP contribution is 2.42. The van der Waals surface area contributed by atoms with Crippen molar-refractivity contribution in [2.24, 2.45) is 11.6 Å². The number of nitrogens with one attached hydrogen (secondary N) is 6. The predicted molar refractivity (Wildman–Crippen MR) is 365 cm³/mol. The molecule has 6 aromatic rings. The number of carboxylic acid groups (broad SMARTS) is 4. The molecule has 110 heavy (non-hydrogen) atoms. The molecule has 1 saturated carbocycles. The molecule has 2 aromatic heterocycles. The third-order valence-electron chi connectivity index (χ3n) is 16.5. The van der Waals surface area contributed by atoms with E-state index in [2.05, 4.69) is 52.9 Å². The van der Waals surface area contributed by atoms with Crippen LogP contribution in [-0.4, -0.2) is 201 Å². The fraction of sp³-hybridized carbons (Fsp3) is 0.353. The SMILES string of the molecule is CC(=O)OC1C(CN2C=C(COC(=O)NC(C(=O)O)c3ccccc3)NN2)OC(OC2C(OC(C)=O)C(OC(C)=O)C(N(N)/C=C(\N)COC(=O)NC(C(=O)O)c3ccccc3)CC2n2cc(COC(=O)NC(C(=O)O)c3ccccc3)nn2)C(n2cc(COC(=O)NC(C(=O)O)c3ccccc3)nn2)C1OC(C)=O. The van der Waals surface area contributed by atoms with Crippen LogP contribution in [0.15, 0.2) is 158 Å². The van der Waals surface area contributed by atoms with E-state index in [0.717, 1.165) is 54.5 Å². The zero-order valence-corrected chi connectivity index (χ0v) is 58.7. The summed E-state index contributed by atoms with van der Waals surface area (Å²) in [4.78, 5) is 156. The van der Waals surface area contributed by atoms with Crippen molar-refractivity contribution >= 4 is 72.1 Å². The van der Waals surface area contributed by atoms with E-state index < -0.39 is 197 Å². The zero-order valence-electron chi connectivity index (χ0n) is 58.7. The number of aliphatic carboxylic acids is 4. The molecule has 2 fully saturated rings. The van der Waals surface area contributed by atoms with Crippen LogP contribution in [-0.2, 0) is 98.9 Å². The van der Waals surface area contributed by atoms with Gasteiger partial charge in [0, 0.05) is 40.1 Å². The number of hydrogen-bond donors (Lipinski definition) is 12. The normalized spacial score (nSPS) is 21.2. The van der Waals surface area contributed by atoms with Crippen LogP contribution < -0.4 is 43.8 Å². The van der Waals surface area contributed by atoms with Crippen LogP contribution >= 0.6 is 0 Å². The number of rotatable bonds is 32. The Morgan fingerprint density at radius 2 is 0.927 bits per heavy atom. The Hall–Kier alpha value is -13.5. The summed E-state index contributed by atoms with van der Waals surface area (Å²) in [6.45, 7) is 0.807. The third kappa shape index (κ3) is 22.1. The quantitative estimate of drug-likeness (QED) is 0.0123. The van der Waals surface area contributed by atoms with Crippen molar-refractivity contribution in [1.82, 2.24) is 72.2 Å². The Morgan fingerprint density at radius 1 is 0.536 bits per heavy atom. The van der Waals surface area contributed by atoms with Gasteiger partial charge in [0.15, 0.2) is 54.9 Å². The second-order valence-corrected chi connectivity index (χ2v) is 24.5. The Morgan fingerprint density at radius 3 is 1.36 bits per heavy atom. The topological polar surface area (TPSA) is 570 Å². The first kappa shape index (κ1) is 80.6. The van der Waals surface area contributed by atoms with Crippen molar-refractivity contribution in [3.8, 4) is 0 Å². The Labute approximate surface area is 622 Å². The summed E-state index contributed by atoms with van der Waals surface area (Å²) in [6.07, 6.45) is -13.2. The molecule has 0 bridgehead atoms. The Kier molecular flexibility index (Phi) is 27.6. The van der Waals surface area contributed by atoms with Crippen molar-refractivity contribution in [3.05, 3.63) is 191 Å². The summed E-state index contributed by atoms with van der Waals surface area (Å²) in [6, 6.07) is 19.7. The first-order valence-electron chi connectivity index (χ1n) is 33.2. The van der Waals surface area contributed by atoms with Crippen LogP contribution in [0.25, 0.3) is 0 Å². The van der Waals surface area contributed by atoms with Gasteiger partial charge in [-0.1, -0.05) is 132 Å². The molecule has 0 spiro atoms. The maximum atomic E-state index is 13.7. The molecule has 4 amide bonds. The summed E-state index contributed by atoms with van der Waals surface area (Å²) in [5.41, 5.74) is 12.3. The average molecular weight is 1530 g/mol. The Bertz CT molecular complexity index is 4330. The van der Waals surface area contributed by atoms with E-state index in [0.29, 0.717) is 0 Å². The number of carbonyl (C=O) groups excluding carboxylic acids is 8. The number of nitrogens with zero attached hydrogens (tertiary/aromatic N) is 8. The summed E-state index contributed by atoms with van der Waals surface area (Å²) < 4.78 is 61.7. The van der Waals surface area contributed by atoms with Crippen molar-refractivity contribution in [3.63, 3.8) is 0 Å². The number of hydrazine groups is 3. The molecular weight excluding hydrogens is 1460 g/mol. The number of esters is 4. The lowest BCUT2D eigenvalue weighted by Gasteiger charge is -2.50. The van der Waals surface area contributed by atoms with Crippen molar-refractivity contribution in [2.75, 3.05) is 19.8 Å². The number of alkyl carbamates (subject to hydrolysis) is 4. The van der Waals surface area contributed by atoms with E-state index in [4.69, 9.17) is 58.9 Å². The summed E-state index contributed by atoms with van der Waals surface area (Å²) >= 11 is 0. The highest BCUT2D eigenvalue weighted by atomic mass is 16.7. The second-order valence-electron chi connectivity index (χ2n) is 24.5. The minimum absolute atomic E-state index is 0.130. The molecule has 1 aliphatic carbocycles. The molecule has 2 aliphatic heterocycles. The van der Waals surface area contributed by atoms with Crippen LogP contribution in [0.4, 0.5) is 19.2 Å². The minimum atomic E-state index is -2.02. The lowest BCUT2D eigenvalue weighted by atomic mass is 9.82. The fourth-order valence-electron chi connectivity index (χ4n) is 11.9. The molecule has 4 heterocycles. The van der Waals surface area contributed by atoms with Crippen LogP contribution in [0.5, 0.6) is 0 Å². The van der Waals surface area contributed by atoms with Crippen molar-refractivity contribution in [1.29, 1.82) is 0 Å². The van der Waals surface area contributed by atoms with Gasteiger partial charge >= 0.3 is 72.1 Å². The second kappa shape index (κ2) is 37.7. The molecule has 14 N–H and O–H groups in total. The van der Waals surface area contributed by atoms with E-state index in [-0.39, 0.29) is 45.0 Å². The summed E-state index contributed by atoms with van der Waals surface area (Å²) in [7, 11) is 0. The molecule has 4 aromatic carbocycles. The molecular formula is C68H76N16O26. The van der Waals surface area contributed by atoms with Gasteiger partial charge in [0.1, 0.15) is 56.1 Å². The minimum Gasteiger partial charge on any atom is -0.479 e. The van der Waals surface area contributed by atoms with Gasteiger partial charge in [0.05, 0.1) is 42.4 Å². The van der Waals surface area contributed by atoms with Gasteiger partial charge in [-0.3, -0.25) is 24.2 Å². The molecule has 1 saturated heterocycles. The van der Waals surface area contributed by atoms with Gasteiger partial charge in [0.2, 0.25) is 0 Å². The smallest absolute Gasteiger partial charge is 0.408 e. The number of carbonyl (C=O) groups is 12. The van der Waals surface area contributed by atoms with Crippen LogP contribution in [0.1, 0.15) is 104 Å². The van der Waals surface area contributed by atoms with Gasteiger partial charge in [-0.25, -0.2) is 53.6 Å². The van der Waals surface area contributed by atoms with E-state index in [1.807, 2.05) is 0 Å². The molecule has 584 valence electrons. The van der Waals surface area contributed by atoms with E-state index in [1.165, 1.54) is 65.9 Å². The van der Waals surface area contributed by atoms with Crippen LogP contribution in [0.3, 0.4) is 0 Å². The molecule has 0 radical (unpaired) electrons. The number of amides is 4. The highest BCUT2D eigenvalue weighted by Gasteiger charge is 2.58. The zero-order chi connectivity index (χ0) is 79.3. The monoisotopic (exact) mass is 1530 g/mol. The van der Waals surface area contributed by atoms with E-state index in [1.54, 1.807) is 72.8 Å². The number of benzene rings is 4. The van der Waals surface area contributed by atoms with Gasteiger partial charge < -0.3 is 105 Å². The van der Waals surface area contributed by atoms with Gasteiger partial charge in [0.25, 0.3) is 0 Å². The molecule has 9 rings (SSSR count). The summed E-state index contributed by atoms with van der Waals surface area (Å²) in [5.74, 6) is -2.94. The molecule has 42 nitrogen and oxygen atoms in total. The third-order valence-corrected chi connectivity index (χ3v) is 16.5. The lowest BCUT2D eigenvalue weighted by Crippen LogP contribution is -2.65. The first-order valence-corrected chi connectivity index (χ1v) is 33.2.